The standard InChI is InChI=1S/C10H10F2NO/c11-10(12,7-6-9(13)14)8-4-2-1-3-5-8/h1-5,7H,6H2,(H2,13,14). The van der Waals surface area contributed by atoms with Crippen LogP contribution in [0.2, 0.25) is 0 Å². The largest absolute Gasteiger partial charge is 0.370 e. The van der Waals surface area contributed by atoms with Gasteiger partial charge in [-0.3, -0.25) is 4.79 Å². The fourth-order valence-corrected chi connectivity index (χ4v) is 1.01. The van der Waals surface area contributed by atoms with Gasteiger partial charge >= 0.3 is 0 Å². The zero-order chi connectivity index (χ0) is 10.6. The average Bonchev–Trinajstić information content (AvgIpc) is 2.16. The minimum absolute atomic E-state index is 0.138. The third-order valence-electron chi connectivity index (χ3n) is 1.72. The number of benzene rings is 1. The summed E-state index contributed by atoms with van der Waals surface area (Å²) in [4.78, 5) is 10.3. The second-order valence-electron chi connectivity index (χ2n) is 2.86. The van der Waals surface area contributed by atoms with Gasteiger partial charge in [-0.1, -0.05) is 30.3 Å². The second kappa shape index (κ2) is 4.17. The van der Waals surface area contributed by atoms with Crippen molar-refractivity contribution in [1.29, 1.82) is 0 Å². The Morgan fingerprint density at radius 1 is 1.36 bits per heavy atom. The average molecular weight is 198 g/mol. The minimum Gasteiger partial charge on any atom is -0.370 e. The first-order chi connectivity index (χ1) is 6.52. The van der Waals surface area contributed by atoms with E-state index >= 15 is 0 Å². The van der Waals surface area contributed by atoms with Crippen LogP contribution in [0.15, 0.2) is 30.3 Å². The third-order valence-corrected chi connectivity index (χ3v) is 1.72. The van der Waals surface area contributed by atoms with Gasteiger partial charge < -0.3 is 5.73 Å². The molecule has 2 N–H and O–H groups in total. The van der Waals surface area contributed by atoms with E-state index in [1.54, 1.807) is 6.07 Å². The number of hydrogen-bond donors (Lipinski definition) is 1. The molecule has 0 saturated carbocycles. The number of carbonyl (C=O) groups excluding carboxylic acids is 1. The Bertz CT molecular complexity index is 311. The molecule has 0 spiro atoms. The highest BCUT2D eigenvalue weighted by molar-refractivity contribution is 5.75. The molecule has 0 saturated heterocycles. The Labute approximate surface area is 80.7 Å². The lowest BCUT2D eigenvalue weighted by Gasteiger charge is -2.14. The Hall–Kier alpha value is -1.45. The maximum absolute atomic E-state index is 13.3. The number of carbonyl (C=O) groups is 1. The van der Waals surface area contributed by atoms with Crippen LogP contribution < -0.4 is 5.73 Å². The lowest BCUT2D eigenvalue weighted by Crippen LogP contribution is -2.19. The van der Waals surface area contributed by atoms with Crippen molar-refractivity contribution in [1.82, 2.24) is 0 Å². The van der Waals surface area contributed by atoms with Gasteiger partial charge in [0.05, 0.1) is 0 Å². The maximum Gasteiger partial charge on any atom is 0.277 e. The molecule has 0 aliphatic rings. The van der Waals surface area contributed by atoms with Crippen LogP contribution in [-0.2, 0) is 10.7 Å². The molecule has 2 nitrogen and oxygen atoms in total. The Balaban J connectivity index is 2.70. The molecule has 0 bridgehead atoms. The smallest absolute Gasteiger partial charge is 0.277 e. The molecular weight excluding hydrogens is 188 g/mol. The van der Waals surface area contributed by atoms with E-state index in [0.29, 0.717) is 6.42 Å². The first-order valence-electron chi connectivity index (χ1n) is 4.08. The van der Waals surface area contributed by atoms with Crippen LogP contribution in [0.25, 0.3) is 0 Å². The summed E-state index contributed by atoms with van der Waals surface area (Å²) in [5, 5.41) is 0. The molecule has 0 aliphatic heterocycles. The molecule has 75 valence electrons. The van der Waals surface area contributed by atoms with Crippen LogP contribution in [-0.4, -0.2) is 5.91 Å². The van der Waals surface area contributed by atoms with Crippen molar-refractivity contribution in [2.24, 2.45) is 5.73 Å². The number of hydrogen-bond acceptors (Lipinski definition) is 1. The predicted molar refractivity (Wildman–Crippen MR) is 48.4 cm³/mol. The fourth-order valence-electron chi connectivity index (χ4n) is 1.01. The predicted octanol–water partition coefficient (Wildman–Crippen LogP) is 1.86. The van der Waals surface area contributed by atoms with Crippen LogP contribution in [0.5, 0.6) is 0 Å². The summed E-state index contributed by atoms with van der Waals surface area (Å²) in [6, 6.07) is 7.28. The first-order valence-corrected chi connectivity index (χ1v) is 4.08. The normalized spacial score (nSPS) is 11.3. The van der Waals surface area contributed by atoms with Crippen LogP contribution in [0.3, 0.4) is 0 Å². The zero-order valence-corrected chi connectivity index (χ0v) is 7.41. The van der Waals surface area contributed by atoms with Crippen LogP contribution in [0, 0.1) is 6.42 Å². The molecule has 0 fully saturated rings. The molecule has 1 aromatic rings. The fraction of sp³-hybridized carbons (Fsp3) is 0.200. The van der Waals surface area contributed by atoms with Crippen molar-refractivity contribution >= 4 is 5.91 Å². The van der Waals surface area contributed by atoms with E-state index in [4.69, 9.17) is 5.73 Å². The van der Waals surface area contributed by atoms with Gasteiger partial charge in [0.15, 0.2) is 0 Å². The van der Waals surface area contributed by atoms with Crippen molar-refractivity contribution in [3.63, 3.8) is 0 Å². The highest BCUT2D eigenvalue weighted by Crippen LogP contribution is 2.31. The zero-order valence-electron chi connectivity index (χ0n) is 7.41. The summed E-state index contributed by atoms with van der Waals surface area (Å²) in [5.41, 5.74) is 4.64. The van der Waals surface area contributed by atoms with Crippen LogP contribution in [0.4, 0.5) is 8.78 Å². The van der Waals surface area contributed by atoms with E-state index in [2.05, 4.69) is 0 Å². The topological polar surface area (TPSA) is 43.1 Å². The van der Waals surface area contributed by atoms with Crippen LogP contribution in [0.1, 0.15) is 12.0 Å². The lowest BCUT2D eigenvalue weighted by molar-refractivity contribution is -0.118. The van der Waals surface area contributed by atoms with Gasteiger partial charge in [0.1, 0.15) is 0 Å². The summed E-state index contributed by atoms with van der Waals surface area (Å²) in [6.45, 7) is 0. The van der Waals surface area contributed by atoms with Gasteiger partial charge in [-0.15, -0.1) is 0 Å². The molecule has 4 heteroatoms. The second-order valence-corrected chi connectivity index (χ2v) is 2.86. The molecule has 0 unspecified atom stereocenters. The molecule has 1 radical (unpaired) electrons. The van der Waals surface area contributed by atoms with Gasteiger partial charge in [-0.25, -0.2) is 8.78 Å². The Morgan fingerprint density at radius 3 is 2.43 bits per heavy atom. The molecular formula is C10H10F2NO. The third kappa shape index (κ3) is 2.80. The SMILES string of the molecule is NC(=O)C[CH]C(F)(F)c1ccccc1. The number of halogens is 2. The monoisotopic (exact) mass is 198 g/mol. The van der Waals surface area contributed by atoms with Crippen molar-refractivity contribution in [2.45, 2.75) is 12.3 Å². The van der Waals surface area contributed by atoms with E-state index in [0.717, 1.165) is 0 Å². The van der Waals surface area contributed by atoms with Crippen molar-refractivity contribution < 1.29 is 13.6 Å². The number of amides is 1. The molecule has 0 heterocycles. The lowest BCUT2D eigenvalue weighted by atomic mass is 10.0. The Kier molecular flexibility index (Phi) is 3.17. The molecule has 14 heavy (non-hydrogen) atoms. The molecule has 1 aromatic carbocycles. The van der Waals surface area contributed by atoms with Gasteiger partial charge in [-0.05, 0) is 0 Å². The summed E-state index contributed by atoms with van der Waals surface area (Å²) < 4.78 is 26.5. The van der Waals surface area contributed by atoms with E-state index in [1.165, 1.54) is 24.3 Å². The number of primary amides is 1. The van der Waals surface area contributed by atoms with Gasteiger partial charge in [-0.2, -0.15) is 0 Å². The molecule has 0 aliphatic carbocycles. The van der Waals surface area contributed by atoms with Crippen molar-refractivity contribution in [3.05, 3.63) is 42.3 Å². The highest BCUT2D eigenvalue weighted by atomic mass is 19.3. The summed E-state index contributed by atoms with van der Waals surface area (Å²) in [7, 11) is 0. The number of rotatable bonds is 4. The van der Waals surface area contributed by atoms with Crippen LogP contribution >= 0.6 is 0 Å². The van der Waals surface area contributed by atoms with Gasteiger partial charge in [0, 0.05) is 18.4 Å². The number of nitrogens with two attached hydrogens (primary N) is 1. The molecule has 0 atom stereocenters. The molecule has 1 amide bonds. The van der Waals surface area contributed by atoms with E-state index in [1.807, 2.05) is 0 Å². The number of alkyl halides is 2. The summed E-state index contributed by atoms with van der Waals surface area (Å²) in [6.07, 6.45) is 0.187. The minimum atomic E-state index is -3.10. The quantitative estimate of drug-likeness (QED) is 0.788. The van der Waals surface area contributed by atoms with Crippen molar-refractivity contribution in [3.8, 4) is 0 Å². The summed E-state index contributed by atoms with van der Waals surface area (Å²) in [5.74, 6) is -3.86. The van der Waals surface area contributed by atoms with Gasteiger partial charge in [0.2, 0.25) is 5.91 Å². The maximum atomic E-state index is 13.3. The van der Waals surface area contributed by atoms with E-state index in [-0.39, 0.29) is 5.56 Å². The highest BCUT2D eigenvalue weighted by Gasteiger charge is 2.31. The van der Waals surface area contributed by atoms with Gasteiger partial charge in [0.25, 0.3) is 5.92 Å². The molecule has 1 rings (SSSR count). The first kappa shape index (κ1) is 10.6. The van der Waals surface area contributed by atoms with Crippen molar-refractivity contribution in [2.75, 3.05) is 0 Å². The van der Waals surface area contributed by atoms with E-state index in [9.17, 15) is 13.6 Å². The molecule has 0 aromatic heterocycles. The Morgan fingerprint density at radius 2 is 1.93 bits per heavy atom. The van der Waals surface area contributed by atoms with E-state index < -0.39 is 18.3 Å². The summed E-state index contributed by atoms with van der Waals surface area (Å²) >= 11 is 0.